The Kier molecular flexibility index (Phi) is 8.07. The number of thiazole rings is 2. The van der Waals surface area contributed by atoms with Gasteiger partial charge >= 0.3 is 0 Å². The molecule has 0 unspecified atom stereocenters. The molecule has 29 heavy (non-hydrogen) atoms. The molecule has 2 aromatic heterocycles. The summed E-state index contributed by atoms with van der Waals surface area (Å²) in [6.07, 6.45) is 12.6. The minimum Gasteiger partial charge on any atom is -0.352 e. The zero-order valence-electron chi connectivity index (χ0n) is 18.0. The predicted octanol–water partition coefficient (Wildman–Crippen LogP) is 6.17. The second kappa shape index (κ2) is 10.5. The minimum absolute atomic E-state index is 0.0197. The smallest absolute Gasteiger partial charge is 0.245 e. The van der Waals surface area contributed by atoms with Crippen molar-refractivity contribution in [2.75, 3.05) is 17.2 Å². The van der Waals surface area contributed by atoms with Gasteiger partial charge in [-0.25, -0.2) is 9.97 Å². The average molecular weight is 435 g/mol. The normalized spacial score (nSPS) is 16.4. The SMILES string of the molecule is CC(C)(C)c1csc(NCC(=O)Nc2nc3c(s2)CCCCCCCCCC3)n1. The molecule has 0 saturated carbocycles. The highest BCUT2D eigenvalue weighted by atomic mass is 32.1. The van der Waals surface area contributed by atoms with Crippen LogP contribution in [0.25, 0.3) is 0 Å². The Labute approximate surface area is 182 Å². The second-order valence-corrected chi connectivity index (χ2v) is 10.8. The molecule has 2 aromatic rings. The minimum atomic E-state index is -0.0673. The summed E-state index contributed by atoms with van der Waals surface area (Å²) in [5.74, 6) is -0.0673. The van der Waals surface area contributed by atoms with Crippen molar-refractivity contribution in [1.82, 2.24) is 9.97 Å². The molecule has 1 aliphatic carbocycles. The fraction of sp³-hybridized carbons (Fsp3) is 0.682. The molecule has 0 atom stereocenters. The lowest BCUT2D eigenvalue weighted by molar-refractivity contribution is -0.114. The lowest BCUT2D eigenvalue weighted by Crippen LogP contribution is -2.21. The zero-order valence-corrected chi connectivity index (χ0v) is 19.6. The van der Waals surface area contributed by atoms with Crippen molar-refractivity contribution in [2.45, 2.75) is 90.4 Å². The maximum atomic E-state index is 12.4. The molecule has 2 N–H and O–H groups in total. The van der Waals surface area contributed by atoms with Crippen LogP contribution in [-0.2, 0) is 23.1 Å². The summed E-state index contributed by atoms with van der Waals surface area (Å²) in [5.41, 5.74) is 2.27. The van der Waals surface area contributed by atoms with Crippen LogP contribution in [0.3, 0.4) is 0 Å². The molecular formula is C22H34N4OS2. The van der Waals surface area contributed by atoms with Gasteiger partial charge in [0, 0.05) is 15.7 Å². The maximum Gasteiger partial charge on any atom is 0.245 e. The first-order valence-corrected chi connectivity index (χ1v) is 12.6. The Balaban J connectivity index is 1.54. The van der Waals surface area contributed by atoms with Gasteiger partial charge in [-0.1, -0.05) is 59.3 Å². The molecular weight excluding hydrogens is 400 g/mol. The monoisotopic (exact) mass is 434 g/mol. The average Bonchev–Trinajstić information content (AvgIpc) is 3.27. The van der Waals surface area contributed by atoms with Crippen LogP contribution in [0, 0.1) is 0 Å². The number of amides is 1. The number of hydrogen-bond donors (Lipinski definition) is 2. The van der Waals surface area contributed by atoms with E-state index >= 15 is 0 Å². The summed E-state index contributed by atoms with van der Waals surface area (Å²) in [7, 11) is 0. The van der Waals surface area contributed by atoms with E-state index in [1.807, 2.05) is 0 Å². The summed E-state index contributed by atoms with van der Waals surface area (Å²) >= 11 is 3.20. The molecule has 0 bridgehead atoms. The Morgan fingerprint density at radius 2 is 1.62 bits per heavy atom. The number of aryl methyl sites for hydroxylation is 2. The van der Waals surface area contributed by atoms with E-state index in [-0.39, 0.29) is 17.9 Å². The van der Waals surface area contributed by atoms with Crippen LogP contribution >= 0.6 is 22.7 Å². The molecule has 2 heterocycles. The third kappa shape index (κ3) is 7.07. The van der Waals surface area contributed by atoms with Crippen molar-refractivity contribution in [2.24, 2.45) is 0 Å². The number of anilines is 2. The summed E-state index contributed by atoms with van der Waals surface area (Å²) < 4.78 is 0. The lowest BCUT2D eigenvalue weighted by Gasteiger charge is -2.14. The summed E-state index contributed by atoms with van der Waals surface area (Å²) in [6, 6.07) is 0. The van der Waals surface area contributed by atoms with E-state index in [0.29, 0.717) is 0 Å². The number of fused-ring (bicyclic) bond motifs is 1. The fourth-order valence-electron chi connectivity index (χ4n) is 3.48. The molecule has 1 aliphatic rings. The van der Waals surface area contributed by atoms with E-state index < -0.39 is 0 Å². The Morgan fingerprint density at radius 1 is 0.966 bits per heavy atom. The Morgan fingerprint density at radius 3 is 2.28 bits per heavy atom. The van der Waals surface area contributed by atoms with Crippen molar-refractivity contribution in [3.63, 3.8) is 0 Å². The maximum absolute atomic E-state index is 12.4. The number of rotatable bonds is 4. The summed E-state index contributed by atoms with van der Waals surface area (Å²) in [5, 5.41) is 9.71. The van der Waals surface area contributed by atoms with E-state index in [9.17, 15) is 4.79 Å². The number of nitrogens with zero attached hydrogens (tertiary/aromatic N) is 2. The number of carbonyl (C=O) groups excluding carboxylic acids is 1. The third-order valence-electron chi connectivity index (χ3n) is 5.26. The largest absolute Gasteiger partial charge is 0.352 e. The van der Waals surface area contributed by atoms with Crippen LogP contribution in [-0.4, -0.2) is 22.4 Å². The summed E-state index contributed by atoms with van der Waals surface area (Å²) in [4.78, 5) is 23.1. The van der Waals surface area contributed by atoms with Gasteiger partial charge in [0.1, 0.15) is 0 Å². The first-order valence-electron chi connectivity index (χ1n) is 10.9. The van der Waals surface area contributed by atoms with Gasteiger partial charge in [0.2, 0.25) is 5.91 Å². The Bertz CT molecular complexity index is 762. The molecule has 7 heteroatoms. The van der Waals surface area contributed by atoms with Gasteiger partial charge in [0.05, 0.1) is 17.9 Å². The van der Waals surface area contributed by atoms with Crippen LogP contribution in [0.1, 0.15) is 88.4 Å². The quantitative estimate of drug-likeness (QED) is 0.604. The second-order valence-electron chi connectivity index (χ2n) is 8.91. The molecule has 0 aliphatic heterocycles. The van der Waals surface area contributed by atoms with Crippen molar-refractivity contribution >= 4 is 38.8 Å². The molecule has 0 spiro atoms. The van der Waals surface area contributed by atoms with Gasteiger partial charge in [-0.05, 0) is 25.7 Å². The number of aromatic nitrogens is 2. The van der Waals surface area contributed by atoms with Crippen LogP contribution in [0.2, 0.25) is 0 Å². The number of nitrogens with one attached hydrogen (secondary N) is 2. The topological polar surface area (TPSA) is 66.9 Å². The first-order chi connectivity index (χ1) is 13.9. The van der Waals surface area contributed by atoms with Gasteiger partial charge in [-0.15, -0.1) is 22.7 Å². The summed E-state index contributed by atoms with van der Waals surface area (Å²) in [6.45, 7) is 6.63. The lowest BCUT2D eigenvalue weighted by atomic mass is 9.93. The molecule has 160 valence electrons. The van der Waals surface area contributed by atoms with Crippen LogP contribution in [0.5, 0.6) is 0 Å². The van der Waals surface area contributed by atoms with Crippen molar-refractivity contribution in [3.05, 3.63) is 21.6 Å². The van der Waals surface area contributed by atoms with Gasteiger partial charge in [0.25, 0.3) is 0 Å². The fourth-order valence-corrected chi connectivity index (χ4v) is 5.49. The van der Waals surface area contributed by atoms with Crippen molar-refractivity contribution in [1.29, 1.82) is 0 Å². The van der Waals surface area contributed by atoms with E-state index in [1.54, 1.807) is 22.7 Å². The predicted molar refractivity (Wildman–Crippen MR) is 124 cm³/mol. The van der Waals surface area contributed by atoms with Gasteiger partial charge in [-0.3, -0.25) is 4.79 Å². The molecule has 3 rings (SSSR count). The molecule has 0 aromatic carbocycles. The third-order valence-corrected chi connectivity index (χ3v) is 7.14. The zero-order chi connectivity index (χ0) is 20.7. The van der Waals surface area contributed by atoms with Crippen LogP contribution in [0.4, 0.5) is 10.3 Å². The van der Waals surface area contributed by atoms with Crippen molar-refractivity contribution < 1.29 is 4.79 Å². The first kappa shape index (κ1) is 22.2. The highest BCUT2D eigenvalue weighted by Crippen LogP contribution is 2.28. The van der Waals surface area contributed by atoms with Crippen molar-refractivity contribution in [3.8, 4) is 0 Å². The standard InChI is InChI=1S/C22H34N4OS2/c1-22(2,3)18-15-28-20(25-18)23-14-19(27)26-21-24-16-12-10-8-6-4-5-7-9-11-13-17(16)29-21/h15H,4-14H2,1-3H3,(H,23,25)(H,24,26,27). The highest BCUT2D eigenvalue weighted by molar-refractivity contribution is 7.16. The molecule has 0 saturated heterocycles. The van der Waals surface area contributed by atoms with E-state index in [0.717, 1.165) is 28.8 Å². The highest BCUT2D eigenvalue weighted by Gasteiger charge is 2.18. The van der Waals surface area contributed by atoms with E-state index in [4.69, 9.17) is 4.98 Å². The number of hydrogen-bond acceptors (Lipinski definition) is 6. The molecule has 0 fully saturated rings. The van der Waals surface area contributed by atoms with E-state index in [1.165, 1.54) is 61.9 Å². The van der Waals surface area contributed by atoms with Crippen LogP contribution < -0.4 is 10.6 Å². The van der Waals surface area contributed by atoms with Gasteiger partial charge < -0.3 is 10.6 Å². The molecule has 0 radical (unpaired) electrons. The van der Waals surface area contributed by atoms with Crippen LogP contribution in [0.15, 0.2) is 5.38 Å². The molecule has 5 nitrogen and oxygen atoms in total. The Hall–Kier alpha value is -1.47. The molecule has 1 amide bonds. The number of carbonyl (C=O) groups is 1. The van der Waals surface area contributed by atoms with Gasteiger partial charge in [-0.2, -0.15) is 0 Å². The van der Waals surface area contributed by atoms with E-state index in [2.05, 4.69) is 41.8 Å². The van der Waals surface area contributed by atoms with Gasteiger partial charge in [0.15, 0.2) is 10.3 Å².